The maximum absolute atomic E-state index is 12.4. The van der Waals surface area contributed by atoms with E-state index in [0.717, 1.165) is 18.2 Å². The third kappa shape index (κ3) is 3.12. The molecule has 0 heterocycles. The van der Waals surface area contributed by atoms with E-state index in [9.17, 15) is 18.0 Å². The molecule has 1 rings (SSSR count). The fourth-order valence-electron chi connectivity index (χ4n) is 1.24. The molecule has 0 saturated heterocycles. The smallest absolute Gasteiger partial charge is 0.366 e. The topological polar surface area (TPSA) is 43.1 Å². The molecule has 0 fully saturated rings. The Kier molecular flexibility index (Phi) is 3.37. The molecule has 0 atom stereocenters. The van der Waals surface area contributed by atoms with Gasteiger partial charge in [0.25, 0.3) is 0 Å². The number of nitrogens with two attached hydrogens (primary N) is 1. The van der Waals surface area contributed by atoms with Crippen LogP contribution in [0.15, 0.2) is 30.3 Å². The molecule has 1 aromatic carbocycles. The van der Waals surface area contributed by atoms with E-state index in [1.807, 2.05) is 0 Å². The summed E-state index contributed by atoms with van der Waals surface area (Å²) >= 11 is 0. The fourth-order valence-corrected chi connectivity index (χ4v) is 1.24. The molecule has 0 unspecified atom stereocenters. The SMILES string of the molecule is C/C(=C\C(N)=O)c1cccc(C(F)(F)F)c1. The number of carbonyl (C=O) groups excluding carboxylic acids is 1. The van der Waals surface area contributed by atoms with Crippen molar-refractivity contribution in [2.24, 2.45) is 5.73 Å². The molecule has 86 valence electrons. The second-order valence-electron chi connectivity index (χ2n) is 3.31. The molecule has 0 radical (unpaired) electrons. The van der Waals surface area contributed by atoms with Gasteiger partial charge in [0, 0.05) is 6.08 Å². The van der Waals surface area contributed by atoms with Crippen LogP contribution in [0, 0.1) is 0 Å². The zero-order valence-corrected chi connectivity index (χ0v) is 8.51. The maximum Gasteiger partial charge on any atom is 0.416 e. The van der Waals surface area contributed by atoms with Gasteiger partial charge in [-0.25, -0.2) is 0 Å². The summed E-state index contributed by atoms with van der Waals surface area (Å²) in [6, 6.07) is 4.73. The lowest BCUT2D eigenvalue weighted by atomic mass is 10.0. The van der Waals surface area contributed by atoms with E-state index in [0.29, 0.717) is 11.1 Å². The third-order valence-electron chi connectivity index (χ3n) is 2.00. The Morgan fingerprint density at radius 1 is 1.38 bits per heavy atom. The quantitative estimate of drug-likeness (QED) is 0.778. The van der Waals surface area contributed by atoms with Crippen molar-refractivity contribution >= 4 is 11.5 Å². The van der Waals surface area contributed by atoms with Crippen LogP contribution in [0.3, 0.4) is 0 Å². The van der Waals surface area contributed by atoms with Gasteiger partial charge >= 0.3 is 6.18 Å². The lowest BCUT2D eigenvalue weighted by Crippen LogP contribution is -2.07. The van der Waals surface area contributed by atoms with Crippen LogP contribution in [-0.4, -0.2) is 5.91 Å². The minimum Gasteiger partial charge on any atom is -0.366 e. The normalized spacial score (nSPS) is 12.6. The van der Waals surface area contributed by atoms with Gasteiger partial charge in [0.15, 0.2) is 0 Å². The van der Waals surface area contributed by atoms with Crippen molar-refractivity contribution in [3.63, 3.8) is 0 Å². The van der Waals surface area contributed by atoms with E-state index >= 15 is 0 Å². The van der Waals surface area contributed by atoms with E-state index in [2.05, 4.69) is 0 Å². The first kappa shape index (κ1) is 12.3. The van der Waals surface area contributed by atoms with E-state index in [-0.39, 0.29) is 0 Å². The minimum absolute atomic E-state index is 0.327. The van der Waals surface area contributed by atoms with Gasteiger partial charge in [-0.3, -0.25) is 4.79 Å². The summed E-state index contributed by atoms with van der Waals surface area (Å²) in [7, 11) is 0. The predicted molar refractivity (Wildman–Crippen MR) is 54.3 cm³/mol. The highest BCUT2D eigenvalue weighted by Crippen LogP contribution is 2.30. The summed E-state index contributed by atoms with van der Waals surface area (Å²) < 4.78 is 37.1. The molecule has 0 aromatic heterocycles. The van der Waals surface area contributed by atoms with Crippen LogP contribution in [-0.2, 0) is 11.0 Å². The number of carbonyl (C=O) groups is 1. The summed E-state index contributed by atoms with van der Waals surface area (Å²) in [6.45, 7) is 1.53. The molecule has 1 aromatic rings. The Hall–Kier alpha value is -1.78. The number of alkyl halides is 3. The lowest BCUT2D eigenvalue weighted by molar-refractivity contribution is -0.137. The summed E-state index contributed by atoms with van der Waals surface area (Å²) in [5, 5.41) is 0. The van der Waals surface area contributed by atoms with Crippen molar-refractivity contribution in [3.8, 4) is 0 Å². The molecule has 1 amide bonds. The van der Waals surface area contributed by atoms with Crippen LogP contribution in [0.4, 0.5) is 13.2 Å². The highest BCUT2D eigenvalue weighted by molar-refractivity contribution is 5.93. The Labute approximate surface area is 90.6 Å². The number of hydrogen-bond donors (Lipinski definition) is 1. The molecule has 2 nitrogen and oxygen atoms in total. The molecular formula is C11H10F3NO. The second kappa shape index (κ2) is 4.38. The minimum atomic E-state index is -4.39. The average Bonchev–Trinajstić information content (AvgIpc) is 2.15. The molecular weight excluding hydrogens is 219 g/mol. The number of amides is 1. The maximum atomic E-state index is 12.4. The van der Waals surface area contributed by atoms with Crippen molar-refractivity contribution in [2.75, 3.05) is 0 Å². The van der Waals surface area contributed by atoms with Crippen LogP contribution >= 0.6 is 0 Å². The summed E-state index contributed by atoms with van der Waals surface area (Å²) in [5.74, 6) is -0.685. The van der Waals surface area contributed by atoms with Crippen molar-refractivity contribution in [3.05, 3.63) is 41.5 Å². The molecule has 0 aliphatic carbocycles. The first-order valence-electron chi connectivity index (χ1n) is 4.46. The predicted octanol–water partition coefficient (Wildman–Crippen LogP) is 2.59. The van der Waals surface area contributed by atoms with Crippen LogP contribution in [0.2, 0.25) is 0 Å². The van der Waals surface area contributed by atoms with Gasteiger partial charge in [-0.05, 0) is 30.2 Å². The fraction of sp³-hybridized carbons (Fsp3) is 0.182. The largest absolute Gasteiger partial charge is 0.416 e. The summed E-state index contributed by atoms with van der Waals surface area (Å²) in [4.78, 5) is 10.6. The molecule has 0 bridgehead atoms. The standard InChI is InChI=1S/C11H10F3NO/c1-7(5-10(15)16)8-3-2-4-9(6-8)11(12,13)14/h2-6H,1H3,(H2,15,16)/b7-5+. The van der Waals surface area contributed by atoms with Gasteiger partial charge < -0.3 is 5.73 Å². The van der Waals surface area contributed by atoms with E-state index in [1.54, 1.807) is 0 Å². The van der Waals surface area contributed by atoms with Crippen molar-refractivity contribution in [1.29, 1.82) is 0 Å². The van der Waals surface area contributed by atoms with E-state index in [1.165, 1.54) is 19.1 Å². The molecule has 0 aliphatic rings. The van der Waals surface area contributed by atoms with Gasteiger partial charge in [-0.1, -0.05) is 12.1 Å². The molecule has 0 saturated carbocycles. The van der Waals surface area contributed by atoms with Gasteiger partial charge in [0.05, 0.1) is 5.56 Å². The second-order valence-corrected chi connectivity index (χ2v) is 3.31. The zero-order chi connectivity index (χ0) is 12.3. The summed E-state index contributed by atoms with van der Waals surface area (Å²) in [5.41, 5.74) is 4.90. The van der Waals surface area contributed by atoms with Gasteiger partial charge in [-0.2, -0.15) is 13.2 Å². The van der Waals surface area contributed by atoms with Gasteiger partial charge in [-0.15, -0.1) is 0 Å². The van der Waals surface area contributed by atoms with Gasteiger partial charge in [0.2, 0.25) is 5.91 Å². The number of allylic oxidation sites excluding steroid dienone is 1. The Bertz CT molecular complexity index is 435. The first-order chi connectivity index (χ1) is 7.30. The van der Waals surface area contributed by atoms with Crippen LogP contribution in [0.5, 0.6) is 0 Å². The lowest BCUT2D eigenvalue weighted by Gasteiger charge is -2.08. The highest BCUT2D eigenvalue weighted by Gasteiger charge is 2.30. The molecule has 5 heteroatoms. The first-order valence-corrected chi connectivity index (χ1v) is 4.46. The summed E-state index contributed by atoms with van der Waals surface area (Å²) in [6.07, 6.45) is -3.29. The average molecular weight is 229 g/mol. The number of primary amides is 1. The molecule has 0 spiro atoms. The molecule has 2 N–H and O–H groups in total. The van der Waals surface area contributed by atoms with Crippen LogP contribution in [0.25, 0.3) is 5.57 Å². The van der Waals surface area contributed by atoms with Crippen LogP contribution in [0.1, 0.15) is 18.1 Å². The van der Waals surface area contributed by atoms with Crippen molar-refractivity contribution < 1.29 is 18.0 Å². The number of benzene rings is 1. The van der Waals surface area contributed by atoms with Gasteiger partial charge in [0.1, 0.15) is 0 Å². The number of halogens is 3. The zero-order valence-electron chi connectivity index (χ0n) is 8.51. The number of rotatable bonds is 2. The van der Waals surface area contributed by atoms with E-state index in [4.69, 9.17) is 5.73 Å². The molecule has 16 heavy (non-hydrogen) atoms. The highest BCUT2D eigenvalue weighted by atomic mass is 19.4. The van der Waals surface area contributed by atoms with Crippen molar-refractivity contribution in [1.82, 2.24) is 0 Å². The molecule has 0 aliphatic heterocycles. The monoisotopic (exact) mass is 229 g/mol. The number of hydrogen-bond acceptors (Lipinski definition) is 1. The van der Waals surface area contributed by atoms with Crippen molar-refractivity contribution in [2.45, 2.75) is 13.1 Å². The Morgan fingerprint density at radius 3 is 2.50 bits per heavy atom. The third-order valence-corrected chi connectivity index (χ3v) is 2.00. The van der Waals surface area contributed by atoms with Crippen LogP contribution < -0.4 is 5.73 Å². The Balaban J connectivity index is 3.13. The van der Waals surface area contributed by atoms with E-state index < -0.39 is 17.6 Å². The Morgan fingerprint density at radius 2 is 2.00 bits per heavy atom.